The van der Waals surface area contributed by atoms with Crippen LogP contribution in [0, 0.1) is 0 Å². The van der Waals surface area contributed by atoms with E-state index in [1.54, 1.807) is 20.8 Å². The Morgan fingerprint density at radius 1 is 1.15 bits per heavy atom. The topological polar surface area (TPSA) is 82.1 Å². The molecule has 1 aliphatic rings. The molecule has 0 N–H and O–H groups in total. The molecule has 0 spiro atoms. The second kappa shape index (κ2) is 6.95. The lowest BCUT2D eigenvalue weighted by Crippen LogP contribution is -2.35. The summed E-state index contributed by atoms with van der Waals surface area (Å²) in [6, 6.07) is 3.75. The van der Waals surface area contributed by atoms with Crippen LogP contribution in [-0.2, 0) is 32.7 Å². The summed E-state index contributed by atoms with van der Waals surface area (Å²) in [5, 5.41) is 1.35. The van der Waals surface area contributed by atoms with E-state index in [-0.39, 0.29) is 13.1 Å². The zero-order valence-corrected chi connectivity index (χ0v) is 15.1. The molecule has 7 nitrogen and oxygen atoms in total. The SMILES string of the molecule is CC(C)(C)OC(=O)ON1CCc2cc(OS(=O)(=O)C(F)(F)F)ccc2C1. The number of hydrogen-bond donors (Lipinski definition) is 0. The lowest BCUT2D eigenvalue weighted by molar-refractivity contribution is -0.151. The van der Waals surface area contributed by atoms with Gasteiger partial charge in [0.15, 0.2) is 0 Å². The number of ether oxygens (including phenoxy) is 1. The molecule has 0 aromatic heterocycles. The van der Waals surface area contributed by atoms with Crippen LogP contribution in [0.4, 0.5) is 18.0 Å². The number of carbonyl (C=O) groups excluding carboxylic acids is 1. The molecule has 0 atom stereocenters. The Bertz CT molecular complexity index is 786. The summed E-state index contributed by atoms with van der Waals surface area (Å²) in [5.74, 6) is -0.428. The average molecular weight is 397 g/mol. The van der Waals surface area contributed by atoms with Crippen LogP contribution in [0.5, 0.6) is 5.75 Å². The van der Waals surface area contributed by atoms with Crippen LogP contribution in [0.15, 0.2) is 18.2 Å². The van der Waals surface area contributed by atoms with Gasteiger partial charge in [0.25, 0.3) is 0 Å². The lowest BCUT2D eigenvalue weighted by Gasteiger charge is -2.28. The summed E-state index contributed by atoms with van der Waals surface area (Å²) in [6.07, 6.45) is -0.543. The molecule has 0 unspecified atom stereocenters. The molecule has 1 aromatic rings. The molecular weight excluding hydrogens is 379 g/mol. The van der Waals surface area contributed by atoms with Crippen LogP contribution in [-0.4, -0.2) is 37.3 Å². The van der Waals surface area contributed by atoms with E-state index in [4.69, 9.17) is 9.57 Å². The van der Waals surface area contributed by atoms with Gasteiger partial charge in [0, 0.05) is 6.54 Å². The first kappa shape index (κ1) is 20.3. The van der Waals surface area contributed by atoms with E-state index < -0.39 is 33.1 Å². The Kier molecular flexibility index (Phi) is 5.43. The molecule has 0 aliphatic carbocycles. The molecule has 0 amide bonds. The number of hydrogen-bond acceptors (Lipinski definition) is 7. The molecule has 2 rings (SSSR count). The number of benzene rings is 1. The molecular formula is C15H18F3NO6S. The third-order valence-corrected chi connectivity index (χ3v) is 4.22. The van der Waals surface area contributed by atoms with Crippen LogP contribution in [0.25, 0.3) is 0 Å². The fourth-order valence-electron chi connectivity index (χ4n) is 2.18. The molecule has 1 aromatic carbocycles. The van der Waals surface area contributed by atoms with Crippen molar-refractivity contribution in [1.29, 1.82) is 0 Å². The first-order chi connectivity index (χ1) is 11.8. The third kappa shape index (κ3) is 5.24. The number of hydroxylamine groups is 2. The van der Waals surface area contributed by atoms with Crippen molar-refractivity contribution in [2.75, 3.05) is 6.54 Å². The van der Waals surface area contributed by atoms with Crippen LogP contribution in [0.1, 0.15) is 31.9 Å². The maximum Gasteiger partial charge on any atom is 0.534 e. The summed E-state index contributed by atoms with van der Waals surface area (Å²) < 4.78 is 68.4. The summed E-state index contributed by atoms with van der Waals surface area (Å²) >= 11 is 0. The minimum Gasteiger partial charge on any atom is -0.427 e. The van der Waals surface area contributed by atoms with Crippen molar-refractivity contribution >= 4 is 16.3 Å². The Balaban J connectivity index is 2.04. The second-order valence-electron chi connectivity index (χ2n) is 6.58. The average Bonchev–Trinajstić information content (AvgIpc) is 2.43. The summed E-state index contributed by atoms with van der Waals surface area (Å²) in [4.78, 5) is 16.7. The highest BCUT2D eigenvalue weighted by molar-refractivity contribution is 7.88. The molecule has 26 heavy (non-hydrogen) atoms. The van der Waals surface area contributed by atoms with Crippen LogP contribution >= 0.6 is 0 Å². The Labute approximate surface area is 148 Å². The van der Waals surface area contributed by atoms with Crippen molar-refractivity contribution in [2.45, 2.75) is 44.8 Å². The van der Waals surface area contributed by atoms with Gasteiger partial charge in [-0.15, -0.1) is 5.06 Å². The van der Waals surface area contributed by atoms with Crippen LogP contribution in [0.3, 0.4) is 0 Å². The number of alkyl halides is 3. The van der Waals surface area contributed by atoms with Gasteiger partial charge in [-0.25, -0.2) is 4.79 Å². The molecule has 1 aliphatic heterocycles. The molecule has 0 bridgehead atoms. The van der Waals surface area contributed by atoms with Crippen molar-refractivity contribution in [3.05, 3.63) is 29.3 Å². The molecule has 0 saturated carbocycles. The molecule has 11 heteroatoms. The summed E-state index contributed by atoms with van der Waals surface area (Å²) in [5.41, 5.74) is -4.94. The minimum atomic E-state index is -5.72. The normalized spacial score (nSPS) is 15.9. The maximum atomic E-state index is 12.4. The number of carbonyl (C=O) groups is 1. The van der Waals surface area contributed by atoms with E-state index in [1.807, 2.05) is 0 Å². The van der Waals surface area contributed by atoms with Crippen molar-refractivity contribution < 1.29 is 40.1 Å². The van der Waals surface area contributed by atoms with Crippen molar-refractivity contribution in [3.63, 3.8) is 0 Å². The van der Waals surface area contributed by atoms with Crippen molar-refractivity contribution in [1.82, 2.24) is 5.06 Å². The van der Waals surface area contributed by atoms with E-state index >= 15 is 0 Å². The van der Waals surface area contributed by atoms with E-state index in [1.165, 1.54) is 17.2 Å². The Hall–Kier alpha value is -2.01. The zero-order chi connectivity index (χ0) is 19.8. The second-order valence-corrected chi connectivity index (χ2v) is 8.12. The van der Waals surface area contributed by atoms with Crippen molar-refractivity contribution in [3.8, 4) is 5.75 Å². The maximum absolute atomic E-state index is 12.4. The Morgan fingerprint density at radius 3 is 2.38 bits per heavy atom. The standard InChI is InChI=1S/C15H18F3NO6S/c1-14(2,3)23-13(20)24-19-7-6-10-8-12(5-4-11(10)9-19)25-26(21,22)15(16,17)18/h4-5,8H,6-7,9H2,1-3H3. The zero-order valence-electron chi connectivity index (χ0n) is 14.3. The predicted molar refractivity (Wildman–Crippen MR) is 83.5 cm³/mol. The van der Waals surface area contributed by atoms with Gasteiger partial charge in [0.2, 0.25) is 0 Å². The largest absolute Gasteiger partial charge is 0.534 e. The van der Waals surface area contributed by atoms with Gasteiger partial charge in [0.1, 0.15) is 11.4 Å². The monoisotopic (exact) mass is 397 g/mol. The highest BCUT2D eigenvalue weighted by Gasteiger charge is 2.48. The van der Waals surface area contributed by atoms with Gasteiger partial charge in [-0.05, 0) is 50.5 Å². The smallest absolute Gasteiger partial charge is 0.427 e. The first-order valence-corrected chi connectivity index (χ1v) is 8.96. The van der Waals surface area contributed by atoms with Gasteiger partial charge >= 0.3 is 21.8 Å². The van der Waals surface area contributed by atoms with Crippen LogP contribution < -0.4 is 4.18 Å². The molecule has 0 fully saturated rings. The molecule has 0 saturated heterocycles. The quantitative estimate of drug-likeness (QED) is 0.440. The highest BCUT2D eigenvalue weighted by atomic mass is 32.2. The summed E-state index contributed by atoms with van der Waals surface area (Å²) in [6.45, 7) is 5.52. The first-order valence-electron chi connectivity index (χ1n) is 7.55. The van der Waals surface area contributed by atoms with E-state index in [0.29, 0.717) is 17.5 Å². The fraction of sp³-hybridized carbons (Fsp3) is 0.533. The van der Waals surface area contributed by atoms with Gasteiger partial charge in [0.05, 0.1) is 6.54 Å². The number of fused-ring (bicyclic) bond motifs is 1. The van der Waals surface area contributed by atoms with Gasteiger partial charge < -0.3 is 13.8 Å². The van der Waals surface area contributed by atoms with Gasteiger partial charge in [-0.1, -0.05) is 6.07 Å². The molecule has 146 valence electrons. The molecule has 1 heterocycles. The number of nitrogens with zero attached hydrogens (tertiary/aromatic N) is 1. The fourth-order valence-corrected chi connectivity index (χ4v) is 2.63. The van der Waals surface area contributed by atoms with E-state index in [2.05, 4.69) is 4.18 Å². The summed E-state index contributed by atoms with van der Waals surface area (Å²) in [7, 11) is -5.72. The number of rotatable bonds is 3. The van der Waals surface area contributed by atoms with E-state index in [9.17, 15) is 26.4 Å². The Morgan fingerprint density at radius 2 is 1.81 bits per heavy atom. The van der Waals surface area contributed by atoms with Crippen LogP contribution in [0.2, 0.25) is 0 Å². The number of halogens is 3. The highest BCUT2D eigenvalue weighted by Crippen LogP contribution is 2.29. The van der Waals surface area contributed by atoms with E-state index in [0.717, 1.165) is 6.07 Å². The minimum absolute atomic E-state index is 0.181. The lowest BCUT2D eigenvalue weighted by atomic mass is 10.0. The third-order valence-electron chi connectivity index (χ3n) is 3.24. The molecule has 0 radical (unpaired) electrons. The van der Waals surface area contributed by atoms with Gasteiger partial charge in [-0.2, -0.15) is 21.6 Å². The van der Waals surface area contributed by atoms with Gasteiger partial charge in [-0.3, -0.25) is 0 Å². The van der Waals surface area contributed by atoms with Crippen molar-refractivity contribution in [2.24, 2.45) is 0 Å². The predicted octanol–water partition coefficient (Wildman–Crippen LogP) is 3.14.